The van der Waals surface area contributed by atoms with E-state index in [1.54, 1.807) is 0 Å². The molecule has 0 spiro atoms. The van der Waals surface area contributed by atoms with Crippen LogP contribution in [0.3, 0.4) is 0 Å². The van der Waals surface area contributed by atoms with E-state index in [1.165, 1.54) is 43.4 Å². The molecule has 0 atom stereocenters. The van der Waals surface area contributed by atoms with Gasteiger partial charge in [-0.2, -0.15) is 0 Å². The summed E-state index contributed by atoms with van der Waals surface area (Å²) >= 11 is 0. The van der Waals surface area contributed by atoms with Crippen molar-refractivity contribution >= 4 is 17.3 Å². The van der Waals surface area contributed by atoms with Crippen molar-refractivity contribution in [2.75, 3.05) is 23.3 Å². The molecule has 4 aliphatic carbocycles. The molecule has 3 nitrogen and oxygen atoms in total. The second-order valence-electron chi connectivity index (χ2n) is 9.35. The highest BCUT2D eigenvalue weighted by Crippen LogP contribution is 2.60. The summed E-state index contributed by atoms with van der Waals surface area (Å²) < 4.78 is 0. The Morgan fingerprint density at radius 3 is 2.24 bits per heavy atom. The van der Waals surface area contributed by atoms with E-state index in [2.05, 4.69) is 35.3 Å². The molecule has 1 aliphatic heterocycles. The number of rotatable bonds is 3. The first kappa shape index (κ1) is 15.7. The van der Waals surface area contributed by atoms with Crippen molar-refractivity contribution in [3.8, 4) is 0 Å². The van der Waals surface area contributed by atoms with Gasteiger partial charge in [0.15, 0.2) is 0 Å². The standard InChI is InChI=1S/C22H30N2O/c1-15-4-5-19(24-6-2-3-7-24)11-20(15)23-21(25)22-12-16-8-17(13-22)10-18(9-16)14-22/h4-5,11,16-18H,2-3,6-10,12-14H2,1H3,(H,23,25). The summed E-state index contributed by atoms with van der Waals surface area (Å²) in [5.74, 6) is 2.75. The summed E-state index contributed by atoms with van der Waals surface area (Å²) in [5, 5.41) is 3.37. The number of carbonyl (C=O) groups is 1. The zero-order valence-electron chi connectivity index (χ0n) is 15.4. The molecule has 4 saturated carbocycles. The summed E-state index contributed by atoms with van der Waals surface area (Å²) in [6.45, 7) is 4.40. The van der Waals surface area contributed by atoms with Crippen molar-refractivity contribution in [2.45, 2.75) is 58.3 Å². The highest BCUT2D eigenvalue weighted by atomic mass is 16.2. The van der Waals surface area contributed by atoms with Crippen molar-refractivity contribution in [1.29, 1.82) is 0 Å². The number of benzene rings is 1. The fourth-order valence-corrected chi connectivity index (χ4v) is 6.56. The minimum Gasteiger partial charge on any atom is -0.371 e. The van der Waals surface area contributed by atoms with E-state index in [0.29, 0.717) is 5.91 Å². The fourth-order valence-electron chi connectivity index (χ4n) is 6.56. The molecular formula is C22H30N2O. The molecular weight excluding hydrogens is 308 g/mol. The van der Waals surface area contributed by atoms with Crippen molar-refractivity contribution in [3.05, 3.63) is 23.8 Å². The van der Waals surface area contributed by atoms with Gasteiger partial charge in [-0.1, -0.05) is 6.07 Å². The molecule has 1 N–H and O–H groups in total. The van der Waals surface area contributed by atoms with Gasteiger partial charge in [0.1, 0.15) is 0 Å². The molecule has 1 saturated heterocycles. The zero-order valence-corrected chi connectivity index (χ0v) is 15.4. The second kappa shape index (κ2) is 5.75. The largest absolute Gasteiger partial charge is 0.371 e. The summed E-state index contributed by atoms with van der Waals surface area (Å²) in [6, 6.07) is 6.59. The molecule has 3 heteroatoms. The predicted octanol–water partition coefficient (Wildman–Crippen LogP) is 4.75. The topological polar surface area (TPSA) is 32.3 Å². The summed E-state index contributed by atoms with van der Waals surface area (Å²) in [4.78, 5) is 15.8. The molecule has 25 heavy (non-hydrogen) atoms. The fraction of sp³-hybridized carbons (Fsp3) is 0.682. The van der Waals surface area contributed by atoms with Crippen LogP contribution in [0.4, 0.5) is 11.4 Å². The molecule has 0 aromatic heterocycles. The number of nitrogens with one attached hydrogen (secondary N) is 1. The maximum atomic E-state index is 13.3. The summed E-state index contributed by atoms with van der Waals surface area (Å²) in [5.41, 5.74) is 3.42. The van der Waals surface area contributed by atoms with E-state index in [1.807, 2.05) is 0 Å². The normalized spacial score (nSPS) is 36.0. The molecule has 5 aliphatic rings. The monoisotopic (exact) mass is 338 g/mol. The van der Waals surface area contributed by atoms with Crippen LogP contribution in [0.15, 0.2) is 18.2 Å². The van der Waals surface area contributed by atoms with Crippen LogP contribution in [0.25, 0.3) is 0 Å². The van der Waals surface area contributed by atoms with Crippen LogP contribution in [0, 0.1) is 30.1 Å². The first-order chi connectivity index (χ1) is 12.1. The van der Waals surface area contributed by atoms with Gasteiger partial charge in [-0.15, -0.1) is 0 Å². The SMILES string of the molecule is Cc1ccc(N2CCCC2)cc1NC(=O)C12CC3CC(CC(C3)C1)C2. The maximum Gasteiger partial charge on any atom is 0.230 e. The van der Waals surface area contributed by atoms with Gasteiger partial charge in [0.25, 0.3) is 0 Å². The molecule has 1 aromatic carbocycles. The predicted molar refractivity (Wildman–Crippen MR) is 102 cm³/mol. The minimum absolute atomic E-state index is 0.0646. The van der Waals surface area contributed by atoms with Crippen molar-refractivity contribution in [2.24, 2.45) is 23.2 Å². The quantitative estimate of drug-likeness (QED) is 0.862. The number of nitrogens with zero attached hydrogens (tertiary/aromatic N) is 1. The molecule has 1 heterocycles. The van der Waals surface area contributed by atoms with Crippen LogP contribution < -0.4 is 10.2 Å². The lowest BCUT2D eigenvalue weighted by atomic mass is 9.49. The highest BCUT2D eigenvalue weighted by molar-refractivity contribution is 5.96. The van der Waals surface area contributed by atoms with Gasteiger partial charge in [0.05, 0.1) is 5.41 Å². The Bertz CT molecular complexity index is 654. The third-order valence-electron chi connectivity index (χ3n) is 7.46. The number of amides is 1. The first-order valence-corrected chi connectivity index (χ1v) is 10.3. The Hall–Kier alpha value is -1.51. The van der Waals surface area contributed by atoms with Gasteiger partial charge in [-0.3, -0.25) is 4.79 Å². The Labute approximate surface area is 151 Å². The lowest BCUT2D eigenvalue weighted by Gasteiger charge is -2.55. The van der Waals surface area contributed by atoms with Gasteiger partial charge in [0.2, 0.25) is 5.91 Å². The first-order valence-electron chi connectivity index (χ1n) is 10.3. The van der Waals surface area contributed by atoms with Crippen molar-refractivity contribution in [3.63, 3.8) is 0 Å². The third-order valence-corrected chi connectivity index (χ3v) is 7.46. The van der Waals surface area contributed by atoms with Crippen molar-refractivity contribution in [1.82, 2.24) is 0 Å². The summed E-state index contributed by atoms with van der Waals surface area (Å²) in [7, 11) is 0. The van der Waals surface area contributed by atoms with Crippen molar-refractivity contribution < 1.29 is 4.79 Å². The average molecular weight is 338 g/mol. The molecule has 4 bridgehead atoms. The van der Waals surface area contributed by atoms with Gasteiger partial charge in [0, 0.05) is 24.5 Å². The molecule has 1 aromatic rings. The van der Waals surface area contributed by atoms with Gasteiger partial charge < -0.3 is 10.2 Å². The molecule has 1 amide bonds. The summed E-state index contributed by atoms with van der Waals surface area (Å²) in [6.07, 6.45) is 10.1. The minimum atomic E-state index is -0.0646. The number of hydrogen-bond donors (Lipinski definition) is 1. The lowest BCUT2D eigenvalue weighted by molar-refractivity contribution is -0.140. The zero-order chi connectivity index (χ0) is 17.0. The average Bonchev–Trinajstić information content (AvgIpc) is 3.10. The third kappa shape index (κ3) is 2.67. The van der Waals surface area contributed by atoms with Crippen LogP contribution in [0.2, 0.25) is 0 Å². The number of anilines is 2. The van der Waals surface area contributed by atoms with E-state index >= 15 is 0 Å². The van der Waals surface area contributed by atoms with Crippen LogP contribution in [0.5, 0.6) is 0 Å². The van der Waals surface area contributed by atoms with Gasteiger partial charge >= 0.3 is 0 Å². The van der Waals surface area contributed by atoms with E-state index in [0.717, 1.165) is 55.8 Å². The molecule has 134 valence electrons. The Kier molecular flexibility index (Phi) is 3.62. The van der Waals surface area contributed by atoms with E-state index in [9.17, 15) is 4.79 Å². The van der Waals surface area contributed by atoms with E-state index < -0.39 is 0 Å². The molecule has 6 rings (SSSR count). The molecule has 5 fully saturated rings. The van der Waals surface area contributed by atoms with Crippen LogP contribution in [-0.2, 0) is 4.79 Å². The van der Waals surface area contributed by atoms with Gasteiger partial charge in [-0.25, -0.2) is 0 Å². The Balaban J connectivity index is 1.38. The van der Waals surface area contributed by atoms with Gasteiger partial charge in [-0.05, 0) is 93.7 Å². The highest BCUT2D eigenvalue weighted by Gasteiger charge is 2.54. The number of aryl methyl sites for hydroxylation is 1. The molecule has 0 unspecified atom stereocenters. The molecule has 0 radical (unpaired) electrons. The smallest absolute Gasteiger partial charge is 0.230 e. The van der Waals surface area contributed by atoms with Crippen LogP contribution >= 0.6 is 0 Å². The maximum absolute atomic E-state index is 13.3. The lowest BCUT2D eigenvalue weighted by Crippen LogP contribution is -2.51. The number of hydrogen-bond acceptors (Lipinski definition) is 2. The Morgan fingerprint density at radius 2 is 1.64 bits per heavy atom. The Morgan fingerprint density at radius 1 is 1.04 bits per heavy atom. The van der Waals surface area contributed by atoms with Crippen LogP contribution in [0.1, 0.15) is 56.9 Å². The van der Waals surface area contributed by atoms with E-state index in [4.69, 9.17) is 0 Å². The number of carbonyl (C=O) groups excluding carboxylic acids is 1. The second-order valence-corrected chi connectivity index (χ2v) is 9.35. The van der Waals surface area contributed by atoms with E-state index in [-0.39, 0.29) is 5.41 Å². The van der Waals surface area contributed by atoms with Crippen LogP contribution in [-0.4, -0.2) is 19.0 Å².